The van der Waals surface area contributed by atoms with Crippen LogP contribution in [0.3, 0.4) is 0 Å². The molecule has 0 radical (unpaired) electrons. The molecule has 1 unspecified atom stereocenters. The van der Waals surface area contributed by atoms with Crippen LogP contribution in [0.25, 0.3) is 0 Å². The van der Waals surface area contributed by atoms with Gasteiger partial charge in [0.1, 0.15) is 5.75 Å². The minimum absolute atomic E-state index is 0.0192. The highest BCUT2D eigenvalue weighted by atomic mass is 35.5. The predicted molar refractivity (Wildman–Crippen MR) is 122 cm³/mol. The Labute approximate surface area is 182 Å². The summed E-state index contributed by atoms with van der Waals surface area (Å²) in [7, 11) is 0. The maximum absolute atomic E-state index is 13.5. The molecule has 0 amide bonds. The molecule has 0 aromatic heterocycles. The highest BCUT2D eigenvalue weighted by Crippen LogP contribution is 2.36. The third-order valence-corrected chi connectivity index (χ3v) is 5.55. The second kappa shape index (κ2) is 9.42. The number of hydrogen-bond donors (Lipinski definition) is 1. The van der Waals surface area contributed by atoms with Crippen LogP contribution >= 0.6 is 23.8 Å². The molecule has 1 aliphatic rings. The highest BCUT2D eigenvalue weighted by Gasteiger charge is 2.34. The number of allylic oxidation sites excluding steroid dienone is 1. The number of rotatable bonds is 7. The van der Waals surface area contributed by atoms with Crippen LogP contribution in [0.5, 0.6) is 5.75 Å². The number of ether oxygens (including phenoxy) is 1. The summed E-state index contributed by atoms with van der Waals surface area (Å²) >= 11 is 12.0. The van der Waals surface area contributed by atoms with E-state index in [0.717, 1.165) is 24.2 Å². The van der Waals surface area contributed by atoms with Crippen LogP contribution in [0.15, 0.2) is 59.8 Å². The Hall–Kier alpha value is -2.37. The molecule has 0 aliphatic carbocycles. The number of ketones is 1. The van der Waals surface area contributed by atoms with Gasteiger partial charge in [-0.15, -0.1) is 0 Å². The molecule has 0 spiro atoms. The van der Waals surface area contributed by atoms with Crippen molar-refractivity contribution in [2.45, 2.75) is 33.2 Å². The SMILES string of the molecule is CCCN1C(=S)NC(c2ccc(OCC)c(Cl)c2)C(C(=O)c2ccccc2)=C1C. The number of Topliss-reactive ketones (excluding diaryl/α,β-unsaturated/α-hetero) is 1. The molecule has 6 heteroatoms. The largest absolute Gasteiger partial charge is 0.492 e. The van der Waals surface area contributed by atoms with Crippen molar-refractivity contribution in [2.24, 2.45) is 0 Å². The van der Waals surface area contributed by atoms with Gasteiger partial charge in [-0.05, 0) is 50.2 Å². The number of carbonyl (C=O) groups excluding carboxylic acids is 1. The van der Waals surface area contributed by atoms with E-state index < -0.39 is 0 Å². The molecule has 2 aromatic carbocycles. The fourth-order valence-electron chi connectivity index (χ4n) is 3.53. The number of nitrogens with zero attached hydrogens (tertiary/aromatic N) is 1. The summed E-state index contributed by atoms with van der Waals surface area (Å²) in [5.41, 5.74) is 3.07. The predicted octanol–water partition coefficient (Wildman–Crippen LogP) is 5.54. The van der Waals surface area contributed by atoms with E-state index in [0.29, 0.717) is 33.6 Å². The van der Waals surface area contributed by atoms with Crippen LogP contribution in [-0.4, -0.2) is 28.9 Å². The van der Waals surface area contributed by atoms with Gasteiger partial charge in [-0.2, -0.15) is 0 Å². The summed E-state index contributed by atoms with van der Waals surface area (Å²) in [6.45, 7) is 7.25. The molecule has 1 heterocycles. The minimum atomic E-state index is -0.378. The molecule has 0 saturated heterocycles. The lowest BCUT2D eigenvalue weighted by molar-refractivity contribution is 0.102. The number of hydrogen-bond acceptors (Lipinski definition) is 3. The highest BCUT2D eigenvalue weighted by molar-refractivity contribution is 7.80. The number of nitrogens with one attached hydrogen (secondary N) is 1. The quantitative estimate of drug-likeness (QED) is 0.463. The Morgan fingerprint density at radius 2 is 1.93 bits per heavy atom. The third-order valence-electron chi connectivity index (χ3n) is 4.91. The lowest BCUT2D eigenvalue weighted by Crippen LogP contribution is -2.47. The average molecular weight is 429 g/mol. The van der Waals surface area contributed by atoms with E-state index in [1.807, 2.05) is 67.3 Å². The van der Waals surface area contributed by atoms with Crippen molar-refractivity contribution in [3.63, 3.8) is 0 Å². The Balaban J connectivity index is 2.10. The van der Waals surface area contributed by atoms with Crippen LogP contribution in [0.2, 0.25) is 5.02 Å². The Morgan fingerprint density at radius 1 is 1.21 bits per heavy atom. The first-order chi connectivity index (χ1) is 14.0. The molecule has 1 N–H and O–H groups in total. The van der Waals surface area contributed by atoms with E-state index in [-0.39, 0.29) is 11.8 Å². The first-order valence-electron chi connectivity index (χ1n) is 9.78. The van der Waals surface area contributed by atoms with E-state index in [1.54, 1.807) is 0 Å². The number of thiocarbonyl (C=S) groups is 1. The summed E-state index contributed by atoms with van der Waals surface area (Å²) in [4.78, 5) is 15.5. The normalized spacial score (nSPS) is 16.6. The van der Waals surface area contributed by atoms with Crippen molar-refractivity contribution in [1.82, 2.24) is 10.2 Å². The van der Waals surface area contributed by atoms with E-state index >= 15 is 0 Å². The van der Waals surface area contributed by atoms with Crippen molar-refractivity contribution in [2.75, 3.05) is 13.2 Å². The number of halogens is 1. The zero-order chi connectivity index (χ0) is 21.0. The molecule has 29 heavy (non-hydrogen) atoms. The summed E-state index contributed by atoms with van der Waals surface area (Å²) in [5.74, 6) is 0.606. The molecule has 152 valence electrons. The monoisotopic (exact) mass is 428 g/mol. The lowest BCUT2D eigenvalue weighted by atomic mass is 9.89. The maximum atomic E-state index is 13.5. The van der Waals surface area contributed by atoms with Gasteiger partial charge in [0.2, 0.25) is 0 Å². The topological polar surface area (TPSA) is 41.6 Å². The summed E-state index contributed by atoms with van der Waals surface area (Å²) in [5, 5.41) is 4.48. The minimum Gasteiger partial charge on any atom is -0.492 e. The number of carbonyl (C=O) groups is 1. The summed E-state index contributed by atoms with van der Waals surface area (Å²) in [6.07, 6.45) is 0.922. The molecule has 0 fully saturated rings. The van der Waals surface area contributed by atoms with Crippen molar-refractivity contribution >= 4 is 34.7 Å². The summed E-state index contributed by atoms with van der Waals surface area (Å²) in [6, 6.07) is 14.5. The fourth-order valence-corrected chi connectivity index (χ4v) is 4.12. The van der Waals surface area contributed by atoms with Gasteiger partial charge in [-0.1, -0.05) is 54.9 Å². The summed E-state index contributed by atoms with van der Waals surface area (Å²) < 4.78 is 5.55. The average Bonchev–Trinajstić information content (AvgIpc) is 2.72. The van der Waals surface area contributed by atoms with Crippen LogP contribution in [0.4, 0.5) is 0 Å². The van der Waals surface area contributed by atoms with Crippen LogP contribution in [0, 0.1) is 0 Å². The Morgan fingerprint density at radius 3 is 2.55 bits per heavy atom. The third kappa shape index (κ3) is 4.46. The molecule has 0 bridgehead atoms. The molecule has 1 atom stereocenters. The van der Waals surface area contributed by atoms with E-state index in [4.69, 9.17) is 28.6 Å². The maximum Gasteiger partial charge on any atom is 0.193 e. The Bertz CT molecular complexity index is 943. The smallest absolute Gasteiger partial charge is 0.193 e. The second-order valence-corrected chi connectivity index (χ2v) is 7.65. The molecular weight excluding hydrogens is 404 g/mol. The lowest BCUT2D eigenvalue weighted by Gasteiger charge is -2.38. The molecule has 1 aliphatic heterocycles. The van der Waals surface area contributed by atoms with E-state index in [2.05, 4.69) is 12.2 Å². The van der Waals surface area contributed by atoms with Crippen molar-refractivity contribution < 1.29 is 9.53 Å². The second-order valence-electron chi connectivity index (χ2n) is 6.85. The van der Waals surface area contributed by atoms with Crippen molar-refractivity contribution in [3.05, 3.63) is 76.0 Å². The zero-order valence-corrected chi connectivity index (χ0v) is 18.4. The van der Waals surface area contributed by atoms with Gasteiger partial charge in [0.15, 0.2) is 10.9 Å². The van der Waals surface area contributed by atoms with Crippen LogP contribution < -0.4 is 10.1 Å². The van der Waals surface area contributed by atoms with Crippen LogP contribution in [-0.2, 0) is 0 Å². The van der Waals surface area contributed by atoms with Crippen molar-refractivity contribution in [3.8, 4) is 5.75 Å². The van der Waals surface area contributed by atoms with Gasteiger partial charge in [-0.3, -0.25) is 4.79 Å². The van der Waals surface area contributed by atoms with Crippen molar-refractivity contribution in [1.29, 1.82) is 0 Å². The Kier molecular flexibility index (Phi) is 6.93. The van der Waals surface area contributed by atoms with E-state index in [1.165, 1.54) is 0 Å². The van der Waals surface area contributed by atoms with Gasteiger partial charge < -0.3 is 15.0 Å². The molecule has 2 aromatic rings. The van der Waals surface area contributed by atoms with E-state index in [9.17, 15) is 4.79 Å². The first kappa shape index (κ1) is 21.3. The molecular formula is C23H25ClN2O2S. The molecule has 0 saturated carbocycles. The van der Waals surface area contributed by atoms with Gasteiger partial charge in [-0.25, -0.2) is 0 Å². The zero-order valence-electron chi connectivity index (χ0n) is 16.9. The fraction of sp³-hybridized carbons (Fsp3) is 0.304. The molecule has 4 nitrogen and oxygen atoms in total. The van der Waals surface area contributed by atoms with Gasteiger partial charge in [0.05, 0.1) is 17.7 Å². The van der Waals surface area contributed by atoms with Gasteiger partial charge in [0.25, 0.3) is 0 Å². The first-order valence-corrected chi connectivity index (χ1v) is 10.6. The molecule has 3 rings (SSSR count). The van der Waals surface area contributed by atoms with Gasteiger partial charge in [0, 0.05) is 23.4 Å². The standard InChI is InChI=1S/C23H25ClN2O2S/c1-4-13-26-15(3)20(22(27)16-9-7-6-8-10-16)21(25-23(26)29)17-11-12-19(28-5-2)18(24)14-17/h6-12,14,21H,4-5,13H2,1-3H3,(H,25,29). The van der Waals surface area contributed by atoms with Gasteiger partial charge >= 0.3 is 0 Å². The van der Waals surface area contributed by atoms with Crippen LogP contribution in [0.1, 0.15) is 49.2 Å². The number of benzene rings is 2.